The zero-order valence-electron chi connectivity index (χ0n) is 9.80. The van der Waals surface area contributed by atoms with Crippen molar-refractivity contribution in [2.24, 2.45) is 0 Å². The molecule has 5 heteroatoms. The summed E-state index contributed by atoms with van der Waals surface area (Å²) in [6, 6.07) is 8.45. The summed E-state index contributed by atoms with van der Waals surface area (Å²) in [6.07, 6.45) is 0. The maximum Gasteiger partial charge on any atom is 0.278 e. The number of carbonyl (C=O) groups excluding carboxylic acids is 1. The molecule has 0 heterocycles. The van der Waals surface area contributed by atoms with Crippen LogP contribution in [-0.4, -0.2) is 22.8 Å². The number of hydroxylamine groups is 1. The van der Waals surface area contributed by atoms with Crippen molar-refractivity contribution in [3.63, 3.8) is 0 Å². The molecule has 0 aliphatic rings. The van der Waals surface area contributed by atoms with Gasteiger partial charge in [0.05, 0.1) is 12.2 Å². The molecule has 0 aliphatic carbocycles. The molecular weight excluding hydrogens is 234 g/mol. The van der Waals surface area contributed by atoms with Crippen molar-refractivity contribution in [2.75, 3.05) is 6.61 Å². The van der Waals surface area contributed by atoms with Gasteiger partial charge in [-0.2, -0.15) is 0 Å². The Kier molecular flexibility index (Phi) is 3.34. The number of fused-ring (bicyclic) bond motifs is 1. The van der Waals surface area contributed by atoms with Gasteiger partial charge in [-0.25, -0.2) is 5.48 Å². The summed E-state index contributed by atoms with van der Waals surface area (Å²) >= 11 is 0. The number of phenols is 1. The lowest BCUT2D eigenvalue weighted by molar-refractivity contribution is 0.0703. The van der Waals surface area contributed by atoms with Gasteiger partial charge in [-0.3, -0.25) is 10.0 Å². The molecule has 0 fully saturated rings. The SMILES string of the molecule is CCOc1cc(C(=O)NO)c(O)c2ccccc12. The van der Waals surface area contributed by atoms with Gasteiger partial charge in [0.25, 0.3) is 5.91 Å². The van der Waals surface area contributed by atoms with Crippen molar-refractivity contribution in [1.29, 1.82) is 0 Å². The third-order valence-corrected chi connectivity index (χ3v) is 2.62. The van der Waals surface area contributed by atoms with Crippen LogP contribution in [0.1, 0.15) is 17.3 Å². The molecule has 2 rings (SSSR count). The van der Waals surface area contributed by atoms with E-state index in [4.69, 9.17) is 9.94 Å². The van der Waals surface area contributed by atoms with Gasteiger partial charge in [-0.05, 0) is 13.0 Å². The summed E-state index contributed by atoms with van der Waals surface area (Å²) in [5, 5.41) is 19.9. The summed E-state index contributed by atoms with van der Waals surface area (Å²) in [4.78, 5) is 11.5. The maximum atomic E-state index is 11.5. The molecule has 94 valence electrons. The first-order valence-corrected chi connectivity index (χ1v) is 5.51. The third-order valence-electron chi connectivity index (χ3n) is 2.62. The molecule has 5 nitrogen and oxygen atoms in total. The fourth-order valence-corrected chi connectivity index (χ4v) is 1.83. The topological polar surface area (TPSA) is 78.8 Å². The van der Waals surface area contributed by atoms with E-state index in [1.165, 1.54) is 11.5 Å². The molecule has 0 bridgehead atoms. The molecule has 0 saturated heterocycles. The van der Waals surface area contributed by atoms with Crippen LogP contribution in [0.25, 0.3) is 10.8 Å². The highest BCUT2D eigenvalue weighted by Crippen LogP contribution is 2.35. The highest BCUT2D eigenvalue weighted by Gasteiger charge is 2.17. The van der Waals surface area contributed by atoms with Crippen LogP contribution < -0.4 is 10.2 Å². The molecule has 0 atom stereocenters. The Hall–Kier alpha value is -2.27. The van der Waals surface area contributed by atoms with E-state index >= 15 is 0 Å². The number of aromatic hydroxyl groups is 1. The standard InChI is InChI=1S/C13H13NO4/c1-2-18-11-7-10(13(16)14-17)12(15)9-6-4-3-5-8(9)11/h3-7,15,17H,2H2,1H3,(H,14,16). The molecule has 0 spiro atoms. The van der Waals surface area contributed by atoms with E-state index in [0.717, 1.165) is 0 Å². The number of hydrogen-bond acceptors (Lipinski definition) is 4. The van der Waals surface area contributed by atoms with Gasteiger partial charge >= 0.3 is 0 Å². The van der Waals surface area contributed by atoms with Crippen molar-refractivity contribution in [3.05, 3.63) is 35.9 Å². The number of benzene rings is 2. The lowest BCUT2D eigenvalue weighted by atomic mass is 10.0. The van der Waals surface area contributed by atoms with Crippen LogP contribution in [0, 0.1) is 0 Å². The highest BCUT2D eigenvalue weighted by molar-refractivity contribution is 6.05. The molecular formula is C13H13NO4. The van der Waals surface area contributed by atoms with Gasteiger partial charge in [0.1, 0.15) is 11.5 Å². The molecule has 0 radical (unpaired) electrons. The van der Waals surface area contributed by atoms with Crippen molar-refractivity contribution in [2.45, 2.75) is 6.92 Å². The van der Waals surface area contributed by atoms with Gasteiger partial charge in [0.2, 0.25) is 0 Å². The second-order valence-corrected chi connectivity index (χ2v) is 3.69. The van der Waals surface area contributed by atoms with Gasteiger partial charge in [-0.1, -0.05) is 24.3 Å². The molecule has 0 saturated carbocycles. The number of rotatable bonds is 3. The van der Waals surface area contributed by atoms with E-state index in [2.05, 4.69) is 0 Å². The molecule has 0 aromatic heterocycles. The van der Waals surface area contributed by atoms with E-state index in [0.29, 0.717) is 23.1 Å². The Morgan fingerprint density at radius 2 is 2.00 bits per heavy atom. The summed E-state index contributed by atoms with van der Waals surface area (Å²) < 4.78 is 5.44. The first-order chi connectivity index (χ1) is 8.69. The lowest BCUT2D eigenvalue weighted by Crippen LogP contribution is -2.18. The minimum Gasteiger partial charge on any atom is -0.506 e. The molecule has 0 unspecified atom stereocenters. The Bertz CT molecular complexity index is 595. The van der Waals surface area contributed by atoms with Crippen molar-refractivity contribution in [3.8, 4) is 11.5 Å². The van der Waals surface area contributed by atoms with E-state index in [1.807, 2.05) is 13.0 Å². The van der Waals surface area contributed by atoms with Crippen molar-refractivity contribution < 1.29 is 19.8 Å². The van der Waals surface area contributed by atoms with Crippen molar-refractivity contribution in [1.82, 2.24) is 5.48 Å². The zero-order valence-corrected chi connectivity index (χ0v) is 9.80. The number of phenolic OH excluding ortho intramolecular Hbond substituents is 1. The number of carbonyl (C=O) groups is 1. The average molecular weight is 247 g/mol. The minimum absolute atomic E-state index is 0.0281. The predicted octanol–water partition coefficient (Wildman–Crippen LogP) is 2.06. The number of ether oxygens (including phenoxy) is 1. The minimum atomic E-state index is -0.779. The smallest absolute Gasteiger partial charge is 0.278 e. The number of nitrogens with one attached hydrogen (secondary N) is 1. The van der Waals surface area contributed by atoms with Gasteiger partial charge in [0.15, 0.2) is 0 Å². The largest absolute Gasteiger partial charge is 0.506 e. The van der Waals surface area contributed by atoms with Crippen LogP contribution in [0.4, 0.5) is 0 Å². The average Bonchev–Trinajstić information content (AvgIpc) is 2.41. The Morgan fingerprint density at radius 3 is 2.61 bits per heavy atom. The molecule has 18 heavy (non-hydrogen) atoms. The second-order valence-electron chi connectivity index (χ2n) is 3.69. The summed E-state index contributed by atoms with van der Waals surface area (Å²) in [7, 11) is 0. The summed E-state index contributed by atoms with van der Waals surface area (Å²) in [6.45, 7) is 2.27. The predicted molar refractivity (Wildman–Crippen MR) is 66.0 cm³/mol. The van der Waals surface area contributed by atoms with E-state index in [1.54, 1.807) is 18.2 Å². The van der Waals surface area contributed by atoms with E-state index < -0.39 is 5.91 Å². The number of amides is 1. The Morgan fingerprint density at radius 1 is 1.33 bits per heavy atom. The maximum absolute atomic E-state index is 11.5. The van der Waals surface area contributed by atoms with Crippen LogP contribution in [-0.2, 0) is 0 Å². The first-order valence-electron chi connectivity index (χ1n) is 5.51. The van der Waals surface area contributed by atoms with Gasteiger partial charge < -0.3 is 9.84 Å². The van der Waals surface area contributed by atoms with Crippen molar-refractivity contribution >= 4 is 16.7 Å². The first kappa shape index (κ1) is 12.2. The molecule has 3 N–H and O–H groups in total. The van der Waals surface area contributed by atoms with Gasteiger partial charge in [-0.15, -0.1) is 0 Å². The summed E-state index contributed by atoms with van der Waals surface area (Å²) in [5.74, 6) is -0.468. The number of hydrogen-bond donors (Lipinski definition) is 3. The van der Waals surface area contributed by atoms with Crippen LogP contribution in [0.3, 0.4) is 0 Å². The quantitative estimate of drug-likeness (QED) is 0.573. The van der Waals surface area contributed by atoms with E-state index in [9.17, 15) is 9.90 Å². The molecule has 0 aliphatic heterocycles. The van der Waals surface area contributed by atoms with Crippen LogP contribution in [0.5, 0.6) is 11.5 Å². The Balaban J connectivity index is 2.74. The van der Waals surface area contributed by atoms with Crippen LogP contribution in [0.2, 0.25) is 0 Å². The van der Waals surface area contributed by atoms with Crippen LogP contribution >= 0.6 is 0 Å². The zero-order chi connectivity index (χ0) is 13.1. The van der Waals surface area contributed by atoms with Crippen LogP contribution in [0.15, 0.2) is 30.3 Å². The fraction of sp³-hybridized carbons (Fsp3) is 0.154. The second kappa shape index (κ2) is 4.93. The van der Waals surface area contributed by atoms with E-state index in [-0.39, 0.29) is 11.3 Å². The third kappa shape index (κ3) is 1.96. The Labute approximate surface area is 104 Å². The summed E-state index contributed by atoms with van der Waals surface area (Å²) in [5.41, 5.74) is 1.47. The highest BCUT2D eigenvalue weighted by atomic mass is 16.5. The normalized spacial score (nSPS) is 10.3. The fourth-order valence-electron chi connectivity index (χ4n) is 1.83. The molecule has 2 aromatic rings. The monoisotopic (exact) mass is 247 g/mol. The molecule has 2 aromatic carbocycles. The lowest BCUT2D eigenvalue weighted by Gasteiger charge is -2.12. The molecule has 1 amide bonds. The van der Waals surface area contributed by atoms with Gasteiger partial charge in [0, 0.05) is 10.8 Å².